The Kier molecular flexibility index (Phi) is 6.68. The van der Waals surface area contributed by atoms with E-state index in [1.165, 1.54) is 12.1 Å². The molecule has 1 aromatic rings. The minimum Gasteiger partial charge on any atom is -0.491 e. The molecule has 0 amide bonds. The van der Waals surface area contributed by atoms with Crippen LogP contribution < -0.4 is 15.0 Å². The van der Waals surface area contributed by atoms with Crippen LogP contribution >= 0.6 is 0 Å². The highest BCUT2D eigenvalue weighted by molar-refractivity contribution is 5.49. The van der Waals surface area contributed by atoms with Crippen molar-refractivity contribution in [3.05, 3.63) is 24.3 Å². The summed E-state index contributed by atoms with van der Waals surface area (Å²) < 4.78 is 11.1. The van der Waals surface area contributed by atoms with E-state index >= 15 is 0 Å². The smallest absolute Gasteiger partial charge is 0.119 e. The summed E-state index contributed by atoms with van der Waals surface area (Å²) in [7, 11) is 0. The van der Waals surface area contributed by atoms with E-state index in [1.807, 2.05) is 12.1 Å². The van der Waals surface area contributed by atoms with Gasteiger partial charge >= 0.3 is 0 Å². The Morgan fingerprint density at radius 2 is 1.80 bits per heavy atom. The molecule has 1 fully saturated rings. The normalized spacial score (nSPS) is 15.3. The number of anilines is 1. The van der Waals surface area contributed by atoms with Gasteiger partial charge in [-0.2, -0.15) is 0 Å². The first kappa shape index (κ1) is 15.1. The highest BCUT2D eigenvalue weighted by Gasteiger charge is 2.09. The molecule has 0 aliphatic carbocycles. The molecule has 1 N–H and O–H groups in total. The van der Waals surface area contributed by atoms with Gasteiger partial charge in [0.2, 0.25) is 0 Å². The molecule has 1 aliphatic heterocycles. The van der Waals surface area contributed by atoms with Crippen molar-refractivity contribution in [1.82, 2.24) is 5.32 Å². The number of rotatable bonds is 8. The molecule has 4 heteroatoms. The monoisotopic (exact) mass is 278 g/mol. The van der Waals surface area contributed by atoms with Gasteiger partial charge in [-0.15, -0.1) is 0 Å². The lowest BCUT2D eigenvalue weighted by molar-refractivity contribution is 0.0980. The van der Waals surface area contributed by atoms with Gasteiger partial charge in [-0.3, -0.25) is 0 Å². The molecule has 0 unspecified atom stereocenters. The van der Waals surface area contributed by atoms with Gasteiger partial charge in [0.1, 0.15) is 12.4 Å². The third-order valence-electron chi connectivity index (χ3n) is 3.46. The molecule has 2 rings (SSSR count). The van der Waals surface area contributed by atoms with E-state index in [2.05, 4.69) is 29.3 Å². The summed E-state index contributed by atoms with van der Waals surface area (Å²) >= 11 is 0. The summed E-state index contributed by atoms with van der Waals surface area (Å²) in [4.78, 5) is 2.40. The quantitative estimate of drug-likeness (QED) is 0.740. The zero-order chi connectivity index (χ0) is 14.0. The first-order valence-corrected chi connectivity index (χ1v) is 7.66. The molecular weight excluding hydrogens is 252 g/mol. The molecule has 1 saturated heterocycles. The molecule has 0 aromatic heterocycles. The zero-order valence-electron chi connectivity index (χ0n) is 12.4. The van der Waals surface area contributed by atoms with E-state index in [-0.39, 0.29) is 0 Å². The lowest BCUT2D eigenvalue weighted by Crippen LogP contribution is -2.43. The maximum absolute atomic E-state index is 5.67. The number of hydrogen-bond donors (Lipinski definition) is 1. The van der Waals surface area contributed by atoms with Crippen molar-refractivity contribution in [2.24, 2.45) is 0 Å². The van der Waals surface area contributed by atoms with Crippen molar-refractivity contribution in [2.45, 2.75) is 19.8 Å². The first-order valence-electron chi connectivity index (χ1n) is 7.66. The Labute approximate surface area is 122 Å². The topological polar surface area (TPSA) is 33.7 Å². The number of unbranched alkanes of at least 4 members (excludes halogenated alkanes) is 1. The van der Waals surface area contributed by atoms with Crippen LogP contribution in [0.1, 0.15) is 19.8 Å². The van der Waals surface area contributed by atoms with Crippen LogP contribution in [-0.2, 0) is 4.74 Å². The van der Waals surface area contributed by atoms with Crippen molar-refractivity contribution < 1.29 is 9.47 Å². The average Bonchev–Trinajstić information content (AvgIpc) is 2.52. The molecule has 112 valence electrons. The maximum atomic E-state index is 5.67. The number of ether oxygens (including phenoxy) is 2. The third kappa shape index (κ3) is 5.02. The first-order chi connectivity index (χ1) is 9.90. The number of piperazine rings is 1. The van der Waals surface area contributed by atoms with Crippen LogP contribution in [-0.4, -0.2) is 46.0 Å². The largest absolute Gasteiger partial charge is 0.491 e. The standard InChI is InChI=1S/C16H26N2O2/c1-2-3-12-19-13-14-20-16-6-4-15(5-7-16)18-10-8-17-9-11-18/h4-7,17H,2-3,8-14H2,1H3. The van der Waals surface area contributed by atoms with Crippen molar-refractivity contribution in [2.75, 3.05) is 50.9 Å². The molecule has 0 saturated carbocycles. The highest BCUT2D eigenvalue weighted by atomic mass is 16.5. The Hall–Kier alpha value is -1.26. The predicted molar refractivity (Wildman–Crippen MR) is 82.7 cm³/mol. The molecule has 1 aromatic carbocycles. The molecule has 1 heterocycles. The number of nitrogens with one attached hydrogen (secondary N) is 1. The van der Waals surface area contributed by atoms with Gasteiger partial charge in [-0.05, 0) is 30.7 Å². The summed E-state index contributed by atoms with van der Waals surface area (Å²) in [6.45, 7) is 8.56. The Balaban J connectivity index is 1.68. The molecule has 1 aliphatic rings. The zero-order valence-corrected chi connectivity index (χ0v) is 12.4. The fourth-order valence-corrected chi connectivity index (χ4v) is 2.24. The molecular formula is C16H26N2O2. The van der Waals surface area contributed by atoms with Crippen molar-refractivity contribution in [3.63, 3.8) is 0 Å². The predicted octanol–water partition coefficient (Wildman–Crippen LogP) is 2.29. The van der Waals surface area contributed by atoms with Gasteiger partial charge in [-0.1, -0.05) is 13.3 Å². The van der Waals surface area contributed by atoms with Crippen LogP contribution in [0, 0.1) is 0 Å². The van der Waals surface area contributed by atoms with E-state index in [0.29, 0.717) is 13.2 Å². The second-order valence-electron chi connectivity index (χ2n) is 5.05. The van der Waals surface area contributed by atoms with Gasteiger partial charge in [0, 0.05) is 38.5 Å². The molecule has 0 radical (unpaired) electrons. The minimum atomic E-state index is 0.622. The molecule has 4 nitrogen and oxygen atoms in total. The van der Waals surface area contributed by atoms with E-state index in [9.17, 15) is 0 Å². The summed E-state index contributed by atoms with van der Waals surface area (Å²) in [5.74, 6) is 0.919. The Bertz CT molecular complexity index is 361. The van der Waals surface area contributed by atoms with Crippen LogP contribution in [0.4, 0.5) is 5.69 Å². The van der Waals surface area contributed by atoms with Gasteiger partial charge in [0.25, 0.3) is 0 Å². The molecule has 20 heavy (non-hydrogen) atoms. The number of hydrogen-bond acceptors (Lipinski definition) is 4. The maximum Gasteiger partial charge on any atom is 0.119 e. The molecule has 0 spiro atoms. The lowest BCUT2D eigenvalue weighted by Gasteiger charge is -2.29. The van der Waals surface area contributed by atoms with Crippen molar-refractivity contribution in [1.29, 1.82) is 0 Å². The fraction of sp³-hybridized carbons (Fsp3) is 0.625. The third-order valence-corrected chi connectivity index (χ3v) is 3.46. The van der Waals surface area contributed by atoms with Gasteiger partial charge in [0.15, 0.2) is 0 Å². The minimum absolute atomic E-state index is 0.622. The van der Waals surface area contributed by atoms with Gasteiger partial charge in [0.05, 0.1) is 6.61 Å². The highest BCUT2D eigenvalue weighted by Crippen LogP contribution is 2.19. The van der Waals surface area contributed by atoms with Crippen LogP contribution in [0.3, 0.4) is 0 Å². The Morgan fingerprint density at radius 1 is 1.05 bits per heavy atom. The summed E-state index contributed by atoms with van der Waals surface area (Å²) in [6, 6.07) is 8.37. The number of nitrogens with zero attached hydrogens (tertiary/aromatic N) is 1. The Morgan fingerprint density at radius 3 is 2.50 bits per heavy atom. The fourth-order valence-electron chi connectivity index (χ4n) is 2.24. The summed E-state index contributed by atoms with van der Waals surface area (Å²) in [6.07, 6.45) is 2.30. The second kappa shape index (κ2) is 8.82. The van der Waals surface area contributed by atoms with Crippen molar-refractivity contribution >= 4 is 5.69 Å². The van der Waals surface area contributed by atoms with Gasteiger partial charge in [-0.25, -0.2) is 0 Å². The van der Waals surface area contributed by atoms with Crippen LogP contribution in [0.15, 0.2) is 24.3 Å². The van der Waals surface area contributed by atoms with E-state index in [0.717, 1.165) is 45.0 Å². The van der Waals surface area contributed by atoms with Crippen LogP contribution in [0.25, 0.3) is 0 Å². The van der Waals surface area contributed by atoms with Crippen LogP contribution in [0.2, 0.25) is 0 Å². The van der Waals surface area contributed by atoms with Crippen molar-refractivity contribution in [3.8, 4) is 5.75 Å². The van der Waals surface area contributed by atoms with Crippen LogP contribution in [0.5, 0.6) is 5.75 Å². The van der Waals surface area contributed by atoms with E-state index < -0.39 is 0 Å². The second-order valence-corrected chi connectivity index (χ2v) is 5.05. The van der Waals surface area contributed by atoms with E-state index in [1.54, 1.807) is 0 Å². The number of benzene rings is 1. The average molecular weight is 278 g/mol. The lowest BCUT2D eigenvalue weighted by atomic mass is 10.2. The summed E-state index contributed by atoms with van der Waals surface area (Å²) in [5.41, 5.74) is 1.28. The summed E-state index contributed by atoms with van der Waals surface area (Å²) in [5, 5.41) is 3.36. The van der Waals surface area contributed by atoms with Gasteiger partial charge < -0.3 is 19.7 Å². The molecule has 0 bridgehead atoms. The molecule has 0 atom stereocenters. The van der Waals surface area contributed by atoms with E-state index in [4.69, 9.17) is 9.47 Å². The SMILES string of the molecule is CCCCOCCOc1ccc(N2CCNCC2)cc1.